The van der Waals surface area contributed by atoms with Gasteiger partial charge in [-0.1, -0.05) is 0 Å². The van der Waals surface area contributed by atoms with E-state index in [0.29, 0.717) is 0 Å². The van der Waals surface area contributed by atoms with E-state index in [-0.39, 0.29) is 26.4 Å². The van der Waals surface area contributed by atoms with Crippen LogP contribution in [0.3, 0.4) is 0 Å². The van der Waals surface area contributed by atoms with Crippen molar-refractivity contribution < 1.29 is 27.8 Å². The number of rotatable bonds is 2. The highest BCUT2D eigenvalue weighted by Gasteiger charge is 2.41. The monoisotopic (exact) mass is 353 g/mol. The molecule has 0 bridgehead atoms. The second-order valence-corrected chi connectivity index (χ2v) is 5.06. The van der Waals surface area contributed by atoms with Gasteiger partial charge in [-0.25, -0.2) is 0 Å². The average molecular weight is 353 g/mol. The van der Waals surface area contributed by atoms with Crippen molar-refractivity contribution in [1.82, 2.24) is 4.57 Å². The third-order valence-electron chi connectivity index (χ3n) is 3.60. The number of alkyl halides is 3. The molecule has 25 heavy (non-hydrogen) atoms. The molecule has 0 unspecified atom stereocenters. The lowest BCUT2D eigenvalue weighted by Crippen LogP contribution is -2.28. The van der Waals surface area contributed by atoms with Gasteiger partial charge >= 0.3 is 12.1 Å². The predicted molar refractivity (Wildman–Crippen MR) is 79.4 cm³/mol. The molecule has 128 valence electrons. The molecule has 0 amide bonds. The summed E-state index contributed by atoms with van der Waals surface area (Å²) in [7, 11) is 0. The van der Waals surface area contributed by atoms with Gasteiger partial charge in [0.15, 0.2) is 0 Å². The second kappa shape index (κ2) is 5.26. The minimum atomic E-state index is -5.27. The van der Waals surface area contributed by atoms with E-state index in [9.17, 15) is 38.2 Å². The Morgan fingerprint density at radius 2 is 1.28 bits per heavy atom. The van der Waals surface area contributed by atoms with Crippen molar-refractivity contribution in [2.75, 3.05) is 0 Å². The van der Waals surface area contributed by atoms with Gasteiger partial charge in [-0.3, -0.25) is 29.6 Å². The molecule has 0 aliphatic heterocycles. The van der Waals surface area contributed by atoms with E-state index in [2.05, 4.69) is 0 Å². The fraction of sp³-hybridized carbons (Fsp3) is 0.0714. The van der Waals surface area contributed by atoms with Crippen molar-refractivity contribution in [1.29, 1.82) is 0 Å². The molecule has 0 atom stereocenters. The molecule has 3 rings (SSSR count). The highest BCUT2D eigenvalue weighted by molar-refractivity contribution is 6.15. The first kappa shape index (κ1) is 16.4. The number of hydrogen-bond donors (Lipinski definition) is 0. The van der Waals surface area contributed by atoms with Gasteiger partial charge in [0.25, 0.3) is 11.4 Å². The molecule has 0 saturated carbocycles. The lowest BCUT2D eigenvalue weighted by Gasteiger charge is -2.08. The molecule has 11 heteroatoms. The number of carbonyl (C=O) groups excluding carboxylic acids is 1. The minimum absolute atomic E-state index is 0.132. The van der Waals surface area contributed by atoms with Crippen molar-refractivity contribution in [2.45, 2.75) is 6.18 Å². The molecule has 0 radical (unpaired) electrons. The Labute approximate surface area is 135 Å². The van der Waals surface area contributed by atoms with Crippen molar-refractivity contribution in [3.8, 4) is 0 Å². The Morgan fingerprint density at radius 1 is 0.880 bits per heavy atom. The Hall–Kier alpha value is -3.50. The Kier molecular flexibility index (Phi) is 3.44. The van der Waals surface area contributed by atoms with Crippen molar-refractivity contribution in [2.24, 2.45) is 0 Å². The molecule has 0 spiro atoms. The largest absolute Gasteiger partial charge is 0.472 e. The number of nitro benzene ring substituents is 2. The maximum atomic E-state index is 12.9. The van der Waals surface area contributed by atoms with Crippen LogP contribution in [-0.2, 0) is 0 Å². The number of nitro groups is 2. The Balaban J connectivity index is 2.48. The van der Waals surface area contributed by atoms with Crippen LogP contribution in [0.2, 0.25) is 0 Å². The predicted octanol–water partition coefficient (Wildman–Crippen LogP) is 3.81. The molecule has 1 heterocycles. The van der Waals surface area contributed by atoms with Crippen molar-refractivity contribution >= 4 is 39.1 Å². The number of hydrogen-bond acceptors (Lipinski definition) is 5. The molecule has 2 aromatic carbocycles. The van der Waals surface area contributed by atoms with Gasteiger partial charge in [-0.2, -0.15) is 13.2 Å². The summed E-state index contributed by atoms with van der Waals surface area (Å²) in [6, 6.07) is 6.19. The normalized spacial score (nSPS) is 11.8. The Morgan fingerprint density at radius 3 is 1.60 bits per heavy atom. The third-order valence-corrected chi connectivity index (χ3v) is 3.60. The van der Waals surface area contributed by atoms with Gasteiger partial charge in [-0.05, 0) is 12.1 Å². The fourth-order valence-corrected chi connectivity index (χ4v) is 2.57. The lowest BCUT2D eigenvalue weighted by molar-refractivity contribution is -0.384. The summed E-state index contributed by atoms with van der Waals surface area (Å²) in [6.07, 6.45) is -5.27. The first-order chi connectivity index (χ1) is 11.6. The van der Waals surface area contributed by atoms with Crippen LogP contribution in [0, 0.1) is 20.2 Å². The van der Waals surface area contributed by atoms with Gasteiger partial charge in [0.1, 0.15) is 0 Å². The summed E-state index contributed by atoms with van der Waals surface area (Å²) in [5.41, 5.74) is -1.74. The van der Waals surface area contributed by atoms with E-state index < -0.39 is 33.3 Å². The quantitative estimate of drug-likeness (QED) is 0.514. The first-order valence-electron chi connectivity index (χ1n) is 6.60. The van der Waals surface area contributed by atoms with Gasteiger partial charge in [0.2, 0.25) is 0 Å². The summed E-state index contributed by atoms with van der Waals surface area (Å²) < 4.78 is 39.1. The minimum Gasteiger partial charge on any atom is -0.271 e. The standard InChI is InChI=1S/C14H6F3N3O5/c15-14(16,17)13(21)18-11-5-7(19(22)23)1-3-9(11)10-4-2-8(20(24)25)6-12(10)18/h1-6H. The highest BCUT2D eigenvalue weighted by Crippen LogP contribution is 2.35. The summed E-state index contributed by atoms with van der Waals surface area (Å²) in [6.45, 7) is 0. The SMILES string of the molecule is O=C(n1c2cc([N+](=O)[O-])ccc2c2ccc([N+](=O)[O-])cc21)C(F)(F)F. The van der Waals surface area contributed by atoms with E-state index in [0.717, 1.165) is 24.3 Å². The van der Waals surface area contributed by atoms with Crippen LogP contribution in [0.4, 0.5) is 24.5 Å². The zero-order valence-electron chi connectivity index (χ0n) is 12.0. The second-order valence-electron chi connectivity index (χ2n) is 5.06. The average Bonchev–Trinajstić information content (AvgIpc) is 2.85. The molecule has 8 nitrogen and oxygen atoms in total. The number of carbonyl (C=O) groups is 1. The summed E-state index contributed by atoms with van der Waals surface area (Å²) in [5, 5.41) is 22.0. The van der Waals surface area contributed by atoms with Crippen LogP contribution in [0.15, 0.2) is 36.4 Å². The maximum absolute atomic E-state index is 12.9. The van der Waals surface area contributed by atoms with E-state index in [1.54, 1.807) is 0 Å². The van der Waals surface area contributed by atoms with Crippen molar-refractivity contribution in [3.05, 3.63) is 56.6 Å². The Bertz CT molecular complexity index is 1000. The third kappa shape index (κ3) is 2.55. The molecule has 0 N–H and O–H groups in total. The summed E-state index contributed by atoms with van der Waals surface area (Å²) in [5.74, 6) is -2.30. The zero-order chi connectivity index (χ0) is 18.5. The van der Waals surface area contributed by atoms with Crippen LogP contribution in [0.1, 0.15) is 4.79 Å². The number of halogens is 3. The van der Waals surface area contributed by atoms with Gasteiger partial charge < -0.3 is 0 Å². The molecule has 0 saturated heterocycles. The topological polar surface area (TPSA) is 108 Å². The number of fused-ring (bicyclic) bond motifs is 3. The van der Waals surface area contributed by atoms with Crippen LogP contribution >= 0.6 is 0 Å². The highest BCUT2D eigenvalue weighted by atomic mass is 19.4. The summed E-state index contributed by atoms with van der Waals surface area (Å²) in [4.78, 5) is 31.9. The van der Waals surface area contributed by atoms with Crippen LogP contribution in [0.25, 0.3) is 21.8 Å². The number of aromatic nitrogens is 1. The number of non-ortho nitro benzene ring substituents is 2. The molecular weight excluding hydrogens is 347 g/mol. The number of benzene rings is 2. The van der Waals surface area contributed by atoms with Gasteiger partial charge in [0, 0.05) is 35.0 Å². The molecule has 3 aromatic rings. The fourth-order valence-electron chi connectivity index (χ4n) is 2.57. The van der Waals surface area contributed by atoms with E-state index >= 15 is 0 Å². The van der Waals surface area contributed by atoms with Crippen LogP contribution < -0.4 is 0 Å². The van der Waals surface area contributed by atoms with Crippen molar-refractivity contribution in [3.63, 3.8) is 0 Å². The van der Waals surface area contributed by atoms with Gasteiger partial charge in [-0.15, -0.1) is 0 Å². The van der Waals surface area contributed by atoms with E-state index in [1.807, 2.05) is 0 Å². The van der Waals surface area contributed by atoms with E-state index in [4.69, 9.17) is 0 Å². The number of nitrogens with zero attached hydrogens (tertiary/aromatic N) is 3. The molecule has 0 fully saturated rings. The lowest BCUT2D eigenvalue weighted by atomic mass is 10.1. The first-order valence-corrected chi connectivity index (χ1v) is 6.60. The van der Waals surface area contributed by atoms with Crippen LogP contribution in [0.5, 0.6) is 0 Å². The summed E-state index contributed by atoms with van der Waals surface area (Å²) >= 11 is 0. The van der Waals surface area contributed by atoms with E-state index in [1.165, 1.54) is 12.1 Å². The molecular formula is C14H6F3N3O5. The van der Waals surface area contributed by atoms with Gasteiger partial charge in [0.05, 0.1) is 20.9 Å². The maximum Gasteiger partial charge on any atom is 0.472 e. The molecule has 1 aromatic heterocycles. The molecule has 0 aliphatic rings. The zero-order valence-corrected chi connectivity index (χ0v) is 12.0. The smallest absolute Gasteiger partial charge is 0.271 e. The molecule has 0 aliphatic carbocycles. The van der Waals surface area contributed by atoms with Crippen LogP contribution in [-0.4, -0.2) is 26.5 Å².